The first-order valence-electron chi connectivity index (χ1n) is 4.57. The molecule has 0 fully saturated rings. The van der Waals surface area contributed by atoms with Crippen LogP contribution >= 0.6 is 12.2 Å². The second-order valence-electron chi connectivity index (χ2n) is 3.25. The summed E-state index contributed by atoms with van der Waals surface area (Å²) in [5, 5.41) is 12.8. The Hall–Kier alpha value is -2.28. The highest BCUT2D eigenvalue weighted by Crippen LogP contribution is 2.12. The van der Waals surface area contributed by atoms with Gasteiger partial charge in [0.25, 0.3) is 5.56 Å². The zero-order valence-corrected chi connectivity index (χ0v) is 9.27. The van der Waals surface area contributed by atoms with Gasteiger partial charge in [-0.2, -0.15) is 9.78 Å². The Kier molecular flexibility index (Phi) is 2.60. The molecule has 1 aromatic carbocycles. The van der Waals surface area contributed by atoms with E-state index in [9.17, 15) is 9.59 Å². The Labute approximate surface area is 100 Å². The molecule has 0 aliphatic rings. The number of carbonyl (C=O) groups is 1. The molecule has 86 valence electrons. The van der Waals surface area contributed by atoms with Crippen LogP contribution in [-0.2, 0) is 0 Å². The Morgan fingerprint density at radius 2 is 1.94 bits per heavy atom. The van der Waals surface area contributed by atoms with E-state index in [1.54, 1.807) is 12.1 Å². The molecule has 1 heterocycles. The quantitative estimate of drug-likeness (QED) is 0.700. The fourth-order valence-corrected chi connectivity index (χ4v) is 1.62. The molecule has 0 saturated heterocycles. The number of fused-ring (bicyclic) bond motifs is 1. The van der Waals surface area contributed by atoms with Crippen molar-refractivity contribution in [2.75, 3.05) is 0 Å². The first kappa shape index (κ1) is 11.2. The van der Waals surface area contributed by atoms with E-state index >= 15 is 0 Å². The second-order valence-corrected chi connectivity index (χ2v) is 3.67. The van der Waals surface area contributed by atoms with Crippen molar-refractivity contribution in [1.82, 2.24) is 9.78 Å². The van der Waals surface area contributed by atoms with Gasteiger partial charge in [-0.15, -0.1) is 0 Å². The van der Waals surface area contributed by atoms with Crippen LogP contribution in [0.15, 0.2) is 29.1 Å². The minimum Gasteiger partial charge on any atom is -0.476 e. The summed E-state index contributed by atoms with van der Waals surface area (Å²) < 4.78 is 0.709. The number of hydrogen-bond donors (Lipinski definition) is 2. The van der Waals surface area contributed by atoms with Crippen LogP contribution in [0.2, 0.25) is 0 Å². The third-order valence-electron chi connectivity index (χ3n) is 2.22. The van der Waals surface area contributed by atoms with Crippen molar-refractivity contribution in [2.45, 2.75) is 0 Å². The first-order valence-corrected chi connectivity index (χ1v) is 4.98. The summed E-state index contributed by atoms with van der Waals surface area (Å²) in [6.45, 7) is 0. The van der Waals surface area contributed by atoms with Crippen molar-refractivity contribution in [3.8, 4) is 0 Å². The van der Waals surface area contributed by atoms with Crippen LogP contribution in [0.5, 0.6) is 0 Å². The minimum atomic E-state index is -1.24. The number of carboxylic acids is 1. The highest BCUT2D eigenvalue weighted by atomic mass is 32.1. The lowest BCUT2D eigenvalue weighted by atomic mass is 10.1. The lowest BCUT2D eigenvalue weighted by molar-refractivity contribution is 0.0691. The highest BCUT2D eigenvalue weighted by molar-refractivity contribution is 7.80. The van der Waals surface area contributed by atoms with Crippen LogP contribution in [0.1, 0.15) is 10.5 Å². The number of rotatable bonds is 1. The predicted octanol–water partition coefficient (Wildman–Crippen LogP) is 0.186. The molecule has 7 heteroatoms. The van der Waals surface area contributed by atoms with E-state index < -0.39 is 11.5 Å². The summed E-state index contributed by atoms with van der Waals surface area (Å²) in [5.74, 6) is -1.24. The van der Waals surface area contributed by atoms with Gasteiger partial charge >= 0.3 is 5.97 Å². The van der Waals surface area contributed by atoms with Crippen LogP contribution < -0.4 is 11.3 Å². The first-order chi connectivity index (χ1) is 8.02. The molecule has 0 aliphatic carbocycles. The van der Waals surface area contributed by atoms with Crippen molar-refractivity contribution in [3.05, 3.63) is 40.3 Å². The molecule has 0 aliphatic heterocycles. The molecule has 0 spiro atoms. The molecule has 0 saturated carbocycles. The molecular weight excluding hydrogens is 242 g/mol. The van der Waals surface area contributed by atoms with E-state index in [1.165, 1.54) is 12.1 Å². The summed E-state index contributed by atoms with van der Waals surface area (Å²) in [6.07, 6.45) is 0. The zero-order valence-electron chi connectivity index (χ0n) is 8.45. The highest BCUT2D eigenvalue weighted by Gasteiger charge is 2.16. The van der Waals surface area contributed by atoms with Gasteiger partial charge in [0, 0.05) is 5.39 Å². The van der Waals surface area contributed by atoms with Gasteiger partial charge in [-0.3, -0.25) is 4.79 Å². The van der Waals surface area contributed by atoms with Gasteiger partial charge in [0.2, 0.25) is 0 Å². The van der Waals surface area contributed by atoms with Crippen molar-refractivity contribution < 1.29 is 9.90 Å². The maximum absolute atomic E-state index is 11.9. The molecule has 0 atom stereocenters. The Morgan fingerprint density at radius 1 is 1.35 bits per heavy atom. The Bertz CT molecular complexity index is 693. The number of nitrogens with two attached hydrogens (primary N) is 1. The van der Waals surface area contributed by atoms with E-state index in [2.05, 4.69) is 17.3 Å². The van der Waals surface area contributed by atoms with Gasteiger partial charge in [0.15, 0.2) is 10.8 Å². The van der Waals surface area contributed by atoms with E-state index in [1.807, 2.05) is 0 Å². The number of thiocarbonyl (C=S) groups is 1. The van der Waals surface area contributed by atoms with Gasteiger partial charge in [-0.1, -0.05) is 18.2 Å². The number of hydrogen-bond acceptors (Lipinski definition) is 4. The number of nitrogens with zero attached hydrogens (tertiary/aromatic N) is 2. The molecule has 2 aromatic rings. The monoisotopic (exact) mass is 249 g/mol. The average Bonchev–Trinajstić information content (AvgIpc) is 2.29. The molecule has 0 amide bonds. The third kappa shape index (κ3) is 1.76. The number of benzene rings is 1. The fourth-order valence-electron chi connectivity index (χ4n) is 1.50. The van der Waals surface area contributed by atoms with Gasteiger partial charge in [-0.25, -0.2) is 4.79 Å². The second kappa shape index (κ2) is 3.95. The lowest BCUT2D eigenvalue weighted by Gasteiger charge is -2.06. The molecular formula is C10H7N3O3S. The predicted molar refractivity (Wildman–Crippen MR) is 65.1 cm³/mol. The minimum absolute atomic E-state index is 0.215. The standard InChI is InChI=1S/C10H7N3O3S/c11-10(17)13-8(14)6-4-2-1-3-5(6)7(12-13)9(15)16/h1-4H,(H2,11,17)(H,15,16). The third-order valence-corrected chi connectivity index (χ3v) is 2.39. The number of aromatic carboxylic acids is 1. The van der Waals surface area contributed by atoms with Crippen LogP contribution in [0.4, 0.5) is 0 Å². The van der Waals surface area contributed by atoms with E-state index in [4.69, 9.17) is 10.8 Å². The molecule has 17 heavy (non-hydrogen) atoms. The normalized spacial score (nSPS) is 10.4. The van der Waals surface area contributed by atoms with Crippen LogP contribution in [-0.4, -0.2) is 26.0 Å². The molecule has 0 unspecified atom stereocenters. The van der Waals surface area contributed by atoms with Crippen LogP contribution in [0.25, 0.3) is 10.8 Å². The van der Waals surface area contributed by atoms with Crippen molar-refractivity contribution >= 4 is 34.1 Å². The smallest absolute Gasteiger partial charge is 0.357 e. The molecule has 3 N–H and O–H groups in total. The molecule has 0 bridgehead atoms. The van der Waals surface area contributed by atoms with Gasteiger partial charge in [-0.05, 0) is 18.3 Å². The van der Waals surface area contributed by atoms with E-state index in [0.29, 0.717) is 4.68 Å². The molecule has 2 rings (SSSR count). The van der Waals surface area contributed by atoms with Crippen LogP contribution in [0, 0.1) is 0 Å². The largest absolute Gasteiger partial charge is 0.476 e. The van der Waals surface area contributed by atoms with Gasteiger partial charge in [0.1, 0.15) is 0 Å². The summed E-state index contributed by atoms with van der Waals surface area (Å²) in [5.41, 5.74) is 4.53. The SMILES string of the molecule is NC(=S)n1nc(C(=O)O)c2ccccc2c1=O. The zero-order chi connectivity index (χ0) is 12.6. The molecule has 1 aromatic heterocycles. The average molecular weight is 249 g/mol. The lowest BCUT2D eigenvalue weighted by Crippen LogP contribution is -2.35. The Balaban J connectivity index is 3.00. The number of aromatic nitrogens is 2. The van der Waals surface area contributed by atoms with Gasteiger partial charge in [0.05, 0.1) is 5.39 Å². The van der Waals surface area contributed by atoms with Crippen molar-refractivity contribution in [3.63, 3.8) is 0 Å². The van der Waals surface area contributed by atoms with Gasteiger partial charge < -0.3 is 10.8 Å². The summed E-state index contributed by atoms with van der Waals surface area (Å²) >= 11 is 4.64. The Morgan fingerprint density at radius 3 is 2.47 bits per heavy atom. The molecule has 0 radical (unpaired) electrons. The van der Waals surface area contributed by atoms with E-state index in [-0.39, 0.29) is 21.6 Å². The maximum atomic E-state index is 11.9. The molecule has 6 nitrogen and oxygen atoms in total. The summed E-state index contributed by atoms with van der Waals surface area (Å²) in [6, 6.07) is 6.26. The maximum Gasteiger partial charge on any atom is 0.357 e. The summed E-state index contributed by atoms with van der Waals surface area (Å²) in [7, 11) is 0. The van der Waals surface area contributed by atoms with Crippen LogP contribution in [0.3, 0.4) is 0 Å². The number of carboxylic acid groups (broad SMARTS) is 1. The van der Waals surface area contributed by atoms with Crippen molar-refractivity contribution in [1.29, 1.82) is 0 Å². The fraction of sp³-hybridized carbons (Fsp3) is 0. The topological polar surface area (TPSA) is 98.2 Å². The van der Waals surface area contributed by atoms with Crippen molar-refractivity contribution in [2.24, 2.45) is 5.73 Å². The summed E-state index contributed by atoms with van der Waals surface area (Å²) in [4.78, 5) is 22.9. The van der Waals surface area contributed by atoms with E-state index in [0.717, 1.165) is 0 Å².